The number of aromatic hydroxyl groups is 2. The van der Waals surface area contributed by atoms with Crippen LogP contribution in [-0.4, -0.2) is 34.8 Å². The van der Waals surface area contributed by atoms with Crippen molar-refractivity contribution in [3.8, 4) is 11.5 Å². The standard InChI is InChI=1S/C17H20O4S2/c1-2-20-17(23-16-9-5-14(19)6-10-16)21-11-12-22-15-7-3-13(18)4-8-15/h3-10,17-19H,2,11-12H2,1H3. The highest BCUT2D eigenvalue weighted by Gasteiger charge is 2.11. The fraction of sp³-hybridized carbons (Fsp3) is 0.294. The summed E-state index contributed by atoms with van der Waals surface area (Å²) < 4.78 is 11.4. The Morgan fingerprint density at radius 2 is 1.43 bits per heavy atom. The Kier molecular flexibility index (Phi) is 7.61. The topological polar surface area (TPSA) is 58.9 Å². The number of hydrogen-bond donors (Lipinski definition) is 2. The zero-order valence-corrected chi connectivity index (χ0v) is 14.5. The van der Waals surface area contributed by atoms with Crippen molar-refractivity contribution in [1.29, 1.82) is 0 Å². The Balaban J connectivity index is 1.75. The van der Waals surface area contributed by atoms with Gasteiger partial charge in [0.2, 0.25) is 5.62 Å². The molecule has 4 nitrogen and oxygen atoms in total. The van der Waals surface area contributed by atoms with Gasteiger partial charge in [0.25, 0.3) is 0 Å². The van der Waals surface area contributed by atoms with Crippen LogP contribution in [0, 0.1) is 0 Å². The molecule has 2 aromatic carbocycles. The summed E-state index contributed by atoms with van der Waals surface area (Å²) in [7, 11) is 0. The van der Waals surface area contributed by atoms with E-state index in [1.54, 1.807) is 36.0 Å². The summed E-state index contributed by atoms with van der Waals surface area (Å²) in [6.45, 7) is 3.06. The molecule has 0 spiro atoms. The summed E-state index contributed by atoms with van der Waals surface area (Å²) in [6.07, 6.45) is 0. The second-order valence-electron chi connectivity index (χ2n) is 4.57. The molecule has 0 heterocycles. The summed E-state index contributed by atoms with van der Waals surface area (Å²) in [4.78, 5) is 2.07. The quantitative estimate of drug-likeness (QED) is 0.398. The Morgan fingerprint density at radius 1 is 0.870 bits per heavy atom. The molecule has 1 atom stereocenters. The Labute approximate surface area is 144 Å². The van der Waals surface area contributed by atoms with Crippen LogP contribution in [0.15, 0.2) is 58.3 Å². The molecule has 6 heteroatoms. The van der Waals surface area contributed by atoms with Gasteiger partial charge in [-0.2, -0.15) is 0 Å². The Morgan fingerprint density at radius 3 is 2.00 bits per heavy atom. The summed E-state index contributed by atoms with van der Waals surface area (Å²) in [5, 5.41) is 18.6. The molecule has 0 saturated heterocycles. The van der Waals surface area contributed by atoms with Crippen molar-refractivity contribution in [2.45, 2.75) is 22.3 Å². The molecule has 2 aromatic rings. The molecule has 2 rings (SSSR count). The second-order valence-corrected chi connectivity index (χ2v) is 6.83. The van der Waals surface area contributed by atoms with Gasteiger partial charge in [-0.15, -0.1) is 11.8 Å². The van der Waals surface area contributed by atoms with Gasteiger partial charge < -0.3 is 19.7 Å². The van der Waals surface area contributed by atoms with Gasteiger partial charge in [0.15, 0.2) is 0 Å². The lowest BCUT2D eigenvalue weighted by Crippen LogP contribution is -2.14. The molecule has 0 aliphatic rings. The van der Waals surface area contributed by atoms with Crippen LogP contribution in [0.3, 0.4) is 0 Å². The molecule has 0 aromatic heterocycles. The van der Waals surface area contributed by atoms with E-state index in [0.29, 0.717) is 13.2 Å². The van der Waals surface area contributed by atoms with Crippen LogP contribution >= 0.6 is 23.5 Å². The first-order valence-corrected chi connectivity index (χ1v) is 9.14. The van der Waals surface area contributed by atoms with Gasteiger partial charge in [0.1, 0.15) is 11.5 Å². The van der Waals surface area contributed by atoms with Crippen LogP contribution in [0.1, 0.15) is 6.92 Å². The van der Waals surface area contributed by atoms with Crippen molar-refractivity contribution in [3.63, 3.8) is 0 Å². The van der Waals surface area contributed by atoms with Gasteiger partial charge >= 0.3 is 0 Å². The van der Waals surface area contributed by atoms with Gasteiger partial charge in [-0.3, -0.25) is 0 Å². The van der Waals surface area contributed by atoms with Crippen molar-refractivity contribution >= 4 is 23.5 Å². The molecule has 0 amide bonds. The summed E-state index contributed by atoms with van der Waals surface area (Å²) >= 11 is 3.14. The van der Waals surface area contributed by atoms with Crippen LogP contribution in [0.2, 0.25) is 0 Å². The van der Waals surface area contributed by atoms with Gasteiger partial charge in [-0.05, 0) is 55.5 Å². The van der Waals surface area contributed by atoms with Crippen LogP contribution in [-0.2, 0) is 9.47 Å². The minimum Gasteiger partial charge on any atom is -0.508 e. The minimum atomic E-state index is -0.370. The molecule has 0 bridgehead atoms. The van der Waals surface area contributed by atoms with E-state index in [9.17, 15) is 10.2 Å². The number of hydrogen-bond acceptors (Lipinski definition) is 6. The predicted molar refractivity (Wildman–Crippen MR) is 94.2 cm³/mol. The summed E-state index contributed by atoms with van der Waals surface area (Å²) in [5.74, 6) is 1.31. The van der Waals surface area contributed by atoms with Gasteiger partial charge in [-0.1, -0.05) is 11.8 Å². The molecule has 124 valence electrons. The molecule has 23 heavy (non-hydrogen) atoms. The maximum Gasteiger partial charge on any atom is 0.211 e. The number of phenolic OH excluding ortho intramolecular Hbond substituents is 2. The Bertz CT molecular complexity index is 572. The van der Waals surface area contributed by atoms with Crippen molar-refractivity contribution in [2.24, 2.45) is 0 Å². The third-order valence-electron chi connectivity index (χ3n) is 2.81. The lowest BCUT2D eigenvalue weighted by atomic mass is 10.3. The first-order valence-electron chi connectivity index (χ1n) is 7.28. The third-order valence-corrected chi connectivity index (χ3v) is 4.80. The smallest absolute Gasteiger partial charge is 0.211 e. The van der Waals surface area contributed by atoms with Gasteiger partial charge in [0.05, 0.1) is 6.61 Å². The monoisotopic (exact) mass is 352 g/mol. The maximum absolute atomic E-state index is 9.30. The zero-order chi connectivity index (χ0) is 16.5. The fourth-order valence-corrected chi connectivity index (χ4v) is 3.36. The van der Waals surface area contributed by atoms with Gasteiger partial charge in [0, 0.05) is 22.2 Å². The minimum absolute atomic E-state index is 0.244. The van der Waals surface area contributed by atoms with Crippen LogP contribution in [0.5, 0.6) is 11.5 Å². The van der Waals surface area contributed by atoms with E-state index < -0.39 is 0 Å². The molecular formula is C17H20O4S2. The highest BCUT2D eigenvalue weighted by atomic mass is 32.2. The molecule has 0 fully saturated rings. The summed E-state index contributed by atoms with van der Waals surface area (Å²) in [6, 6.07) is 14.1. The molecule has 0 aliphatic heterocycles. The highest BCUT2D eigenvalue weighted by molar-refractivity contribution is 7.99. The van der Waals surface area contributed by atoms with Crippen LogP contribution in [0.4, 0.5) is 0 Å². The van der Waals surface area contributed by atoms with E-state index >= 15 is 0 Å². The number of ether oxygens (including phenoxy) is 2. The number of thioether (sulfide) groups is 2. The second kappa shape index (κ2) is 9.72. The molecule has 2 N–H and O–H groups in total. The van der Waals surface area contributed by atoms with Crippen molar-refractivity contribution in [2.75, 3.05) is 19.0 Å². The summed E-state index contributed by atoms with van der Waals surface area (Å²) in [5.41, 5.74) is -0.370. The SMILES string of the molecule is CCOC(OCCSc1ccc(O)cc1)Sc1ccc(O)cc1. The Hall–Kier alpha value is -1.34. The first kappa shape index (κ1) is 18.0. The van der Waals surface area contributed by atoms with Crippen molar-refractivity contribution < 1.29 is 19.7 Å². The first-order chi connectivity index (χ1) is 11.2. The highest BCUT2D eigenvalue weighted by Crippen LogP contribution is 2.27. The van der Waals surface area contributed by atoms with E-state index in [2.05, 4.69) is 0 Å². The maximum atomic E-state index is 9.30. The number of benzene rings is 2. The molecule has 0 aliphatic carbocycles. The van der Waals surface area contributed by atoms with E-state index in [1.165, 1.54) is 11.8 Å². The zero-order valence-electron chi connectivity index (χ0n) is 12.8. The molecule has 1 unspecified atom stereocenters. The third kappa shape index (κ3) is 6.74. The molecule has 0 saturated carbocycles. The average molecular weight is 352 g/mol. The van der Waals surface area contributed by atoms with E-state index in [1.807, 2.05) is 31.2 Å². The van der Waals surface area contributed by atoms with E-state index in [-0.39, 0.29) is 17.1 Å². The van der Waals surface area contributed by atoms with Gasteiger partial charge in [-0.25, -0.2) is 0 Å². The van der Waals surface area contributed by atoms with Crippen LogP contribution < -0.4 is 0 Å². The number of phenols is 2. The average Bonchev–Trinajstić information content (AvgIpc) is 2.55. The van der Waals surface area contributed by atoms with Crippen molar-refractivity contribution in [3.05, 3.63) is 48.5 Å². The normalized spacial score (nSPS) is 12.2. The predicted octanol–water partition coefficient (Wildman–Crippen LogP) is 4.32. The van der Waals surface area contributed by atoms with Crippen LogP contribution in [0.25, 0.3) is 0 Å². The lowest BCUT2D eigenvalue weighted by molar-refractivity contribution is -0.0728. The lowest BCUT2D eigenvalue weighted by Gasteiger charge is -2.17. The van der Waals surface area contributed by atoms with E-state index in [0.717, 1.165) is 15.5 Å². The fourth-order valence-electron chi connectivity index (χ4n) is 1.73. The molecular weight excluding hydrogens is 332 g/mol. The van der Waals surface area contributed by atoms with Crippen molar-refractivity contribution in [1.82, 2.24) is 0 Å². The number of rotatable bonds is 9. The largest absolute Gasteiger partial charge is 0.508 e. The van der Waals surface area contributed by atoms with E-state index in [4.69, 9.17) is 9.47 Å². The molecule has 0 radical (unpaired) electrons.